The minimum absolute atomic E-state index is 0.400. The summed E-state index contributed by atoms with van der Waals surface area (Å²) < 4.78 is 30.7. The Morgan fingerprint density at radius 2 is 1.30 bits per heavy atom. The van der Waals surface area contributed by atoms with Gasteiger partial charge in [0, 0.05) is 18.2 Å². The molecule has 3 rings (SSSR count). The van der Waals surface area contributed by atoms with Crippen LogP contribution in [0.2, 0.25) is 0 Å². The third-order valence-corrected chi connectivity index (χ3v) is 5.45. The third kappa shape index (κ3) is 8.77. The predicted molar refractivity (Wildman–Crippen MR) is 110 cm³/mol. The van der Waals surface area contributed by atoms with Crippen molar-refractivity contribution in [2.75, 3.05) is 5.75 Å². The van der Waals surface area contributed by atoms with Crippen molar-refractivity contribution in [3.8, 4) is 5.75 Å². The standard InChI is InChI=1S/C14H14OS.C7H8O3S/c15-13-8-4-5-9-14(13)16-11-10-12-6-2-1-3-7-12;8-11(9,10)6-7-4-2-1-3-5-7/h1-9,15H,10-11H2;1-5H,6H2,(H,8,9,10). The molecule has 0 saturated carbocycles. The molecule has 0 saturated heterocycles. The minimum Gasteiger partial charge on any atom is -0.748 e. The Kier molecular flexibility index (Phi) is 8.39. The summed E-state index contributed by atoms with van der Waals surface area (Å²) >= 11 is 1.19. The van der Waals surface area contributed by atoms with Gasteiger partial charge in [0.25, 0.3) is 0 Å². The molecule has 0 unspecified atom stereocenters. The summed E-state index contributed by atoms with van der Waals surface area (Å²) in [7, 11) is -4.13. The van der Waals surface area contributed by atoms with Crippen LogP contribution in [0.4, 0.5) is 0 Å². The van der Waals surface area contributed by atoms with Gasteiger partial charge in [0.15, 0.2) is 10.6 Å². The maximum atomic E-state index is 10.2. The molecule has 27 heavy (non-hydrogen) atoms. The first-order chi connectivity index (χ1) is 12.9. The molecular weight excluding hydrogens is 380 g/mol. The summed E-state index contributed by atoms with van der Waals surface area (Å²) in [6.45, 7) is 0. The average Bonchev–Trinajstić information content (AvgIpc) is 2.64. The number of hydrogen-bond acceptors (Lipinski definition) is 4. The third-order valence-electron chi connectivity index (χ3n) is 3.59. The number of phenols is 1. The quantitative estimate of drug-likeness (QED) is 0.389. The Labute approximate surface area is 164 Å². The van der Waals surface area contributed by atoms with Crippen molar-refractivity contribution in [2.45, 2.75) is 17.1 Å². The van der Waals surface area contributed by atoms with E-state index in [1.54, 1.807) is 36.4 Å². The van der Waals surface area contributed by atoms with Crippen LogP contribution in [0.5, 0.6) is 5.75 Å². The molecule has 1 N–H and O–H groups in total. The molecule has 0 spiro atoms. The fourth-order valence-electron chi connectivity index (χ4n) is 2.33. The summed E-state index contributed by atoms with van der Waals surface area (Å²) in [5.74, 6) is 1.02. The van der Waals surface area contributed by atoms with Gasteiger partial charge in [0.05, 0.1) is 15.9 Å². The molecule has 0 heterocycles. The number of aromatic hydroxyl groups is 1. The van der Waals surface area contributed by atoms with Crippen molar-refractivity contribution in [1.82, 2.24) is 0 Å². The lowest BCUT2D eigenvalue weighted by Crippen LogP contribution is -2.01. The second kappa shape index (κ2) is 10.8. The molecule has 0 aliphatic carbocycles. The first-order valence-corrected chi connectivity index (χ1v) is 11.1. The van der Waals surface area contributed by atoms with Crippen LogP contribution < -0.4 is 0 Å². The SMILES string of the molecule is O=S(=O)([O-])Cc1ccccc1.Oc1ccccc1[SH+]CCc1ccccc1. The van der Waals surface area contributed by atoms with E-state index in [0.29, 0.717) is 11.3 Å². The van der Waals surface area contributed by atoms with Crippen LogP contribution in [0.3, 0.4) is 0 Å². The summed E-state index contributed by atoms with van der Waals surface area (Å²) in [4.78, 5) is 1.01. The Balaban J connectivity index is 0.000000208. The van der Waals surface area contributed by atoms with E-state index in [1.807, 2.05) is 24.3 Å². The summed E-state index contributed by atoms with van der Waals surface area (Å²) in [5.41, 5.74) is 1.88. The molecule has 0 aliphatic heterocycles. The van der Waals surface area contributed by atoms with Gasteiger partial charge in [-0.3, -0.25) is 0 Å². The lowest BCUT2D eigenvalue weighted by Gasteiger charge is -2.05. The molecule has 0 aromatic heterocycles. The van der Waals surface area contributed by atoms with E-state index in [4.69, 9.17) is 0 Å². The zero-order chi connectivity index (χ0) is 19.5. The molecule has 0 bridgehead atoms. The topological polar surface area (TPSA) is 77.4 Å². The molecule has 0 radical (unpaired) electrons. The van der Waals surface area contributed by atoms with Crippen LogP contribution in [0.1, 0.15) is 11.1 Å². The highest BCUT2D eigenvalue weighted by atomic mass is 32.2. The second-order valence-corrected chi connectivity index (χ2v) is 8.44. The number of hydrogen-bond donors (Lipinski definition) is 1. The first-order valence-electron chi connectivity index (χ1n) is 8.41. The number of phenolic OH excluding ortho intramolecular Hbond substituents is 1. The van der Waals surface area contributed by atoms with Gasteiger partial charge >= 0.3 is 0 Å². The lowest BCUT2D eigenvalue weighted by molar-refractivity contribution is 0.461. The van der Waals surface area contributed by atoms with Gasteiger partial charge in [0.1, 0.15) is 5.75 Å². The summed E-state index contributed by atoms with van der Waals surface area (Å²) in [6, 6.07) is 26.3. The fraction of sp³-hybridized carbons (Fsp3) is 0.143. The van der Waals surface area contributed by atoms with Crippen molar-refractivity contribution < 1.29 is 18.1 Å². The smallest absolute Gasteiger partial charge is 0.194 e. The Morgan fingerprint density at radius 3 is 1.85 bits per heavy atom. The van der Waals surface area contributed by atoms with Crippen LogP contribution in [0.15, 0.2) is 89.8 Å². The second-order valence-electron chi connectivity index (χ2n) is 5.79. The van der Waals surface area contributed by atoms with Gasteiger partial charge in [-0.2, -0.15) is 0 Å². The van der Waals surface area contributed by atoms with Gasteiger partial charge in [0.2, 0.25) is 0 Å². The molecule has 142 valence electrons. The minimum atomic E-state index is -4.13. The first kappa shape index (κ1) is 21.0. The van der Waals surface area contributed by atoms with Gasteiger partial charge in [-0.05, 0) is 23.3 Å². The zero-order valence-corrected chi connectivity index (χ0v) is 16.4. The molecule has 0 amide bonds. The predicted octanol–water partition coefficient (Wildman–Crippen LogP) is 3.54. The van der Waals surface area contributed by atoms with E-state index in [9.17, 15) is 18.1 Å². The van der Waals surface area contributed by atoms with Crippen molar-refractivity contribution in [3.05, 3.63) is 96.1 Å². The van der Waals surface area contributed by atoms with Crippen molar-refractivity contribution in [3.63, 3.8) is 0 Å². The van der Waals surface area contributed by atoms with Crippen molar-refractivity contribution in [1.29, 1.82) is 0 Å². The average molecular weight is 403 g/mol. The van der Waals surface area contributed by atoms with Crippen LogP contribution in [0, 0.1) is 0 Å². The van der Waals surface area contributed by atoms with Crippen molar-refractivity contribution in [2.24, 2.45) is 0 Å². The fourth-order valence-corrected chi connectivity index (χ4v) is 3.97. The van der Waals surface area contributed by atoms with E-state index in [0.717, 1.165) is 17.1 Å². The Bertz CT molecular complexity index is 911. The van der Waals surface area contributed by atoms with Crippen LogP contribution >= 0.6 is 0 Å². The van der Waals surface area contributed by atoms with Crippen LogP contribution in [0.25, 0.3) is 0 Å². The van der Waals surface area contributed by atoms with Gasteiger partial charge < -0.3 is 9.66 Å². The van der Waals surface area contributed by atoms with Gasteiger partial charge in [-0.1, -0.05) is 72.8 Å². The van der Waals surface area contributed by atoms with Gasteiger partial charge in [-0.15, -0.1) is 0 Å². The molecule has 4 nitrogen and oxygen atoms in total. The number of thiol groups is 1. The van der Waals surface area contributed by atoms with E-state index in [1.165, 1.54) is 17.3 Å². The zero-order valence-electron chi connectivity index (χ0n) is 14.7. The summed E-state index contributed by atoms with van der Waals surface area (Å²) in [6.07, 6.45) is 1.05. The highest BCUT2D eigenvalue weighted by molar-refractivity contribution is 7.84. The number of para-hydroxylation sites is 1. The lowest BCUT2D eigenvalue weighted by atomic mass is 10.2. The van der Waals surface area contributed by atoms with Gasteiger partial charge in [-0.25, -0.2) is 8.42 Å². The Hall–Kier alpha value is -2.28. The van der Waals surface area contributed by atoms with E-state index >= 15 is 0 Å². The number of benzene rings is 3. The summed E-state index contributed by atoms with van der Waals surface area (Å²) in [5, 5.41) is 9.60. The number of aryl methyl sites for hydroxylation is 1. The molecular formula is C21H22O4S2. The molecule has 0 aliphatic rings. The van der Waals surface area contributed by atoms with E-state index < -0.39 is 15.9 Å². The van der Waals surface area contributed by atoms with Crippen LogP contribution in [-0.2, 0) is 34.1 Å². The van der Waals surface area contributed by atoms with Crippen molar-refractivity contribution >= 4 is 21.9 Å². The molecule has 6 heteroatoms. The molecule has 3 aromatic carbocycles. The normalized spacial score (nSPS) is 10.7. The maximum absolute atomic E-state index is 10.2. The highest BCUT2D eigenvalue weighted by Crippen LogP contribution is 2.18. The molecule has 3 aromatic rings. The van der Waals surface area contributed by atoms with E-state index in [2.05, 4.69) is 24.3 Å². The number of rotatable bonds is 6. The largest absolute Gasteiger partial charge is 0.748 e. The van der Waals surface area contributed by atoms with Crippen LogP contribution in [-0.4, -0.2) is 23.8 Å². The maximum Gasteiger partial charge on any atom is 0.194 e. The monoisotopic (exact) mass is 402 g/mol. The highest BCUT2D eigenvalue weighted by Gasteiger charge is 2.08. The molecule has 0 fully saturated rings. The van der Waals surface area contributed by atoms with E-state index in [-0.39, 0.29) is 0 Å². The Morgan fingerprint density at radius 1 is 0.778 bits per heavy atom. The molecule has 0 atom stereocenters.